The lowest BCUT2D eigenvalue weighted by Crippen LogP contribution is -1.87. The van der Waals surface area contributed by atoms with Gasteiger partial charge in [-0.15, -0.1) is 11.8 Å². The molecule has 0 saturated carbocycles. The molecule has 0 aromatic carbocycles. The number of hydrogen-bond acceptors (Lipinski definition) is 1. The van der Waals surface area contributed by atoms with Crippen molar-refractivity contribution in [2.24, 2.45) is 0 Å². The van der Waals surface area contributed by atoms with Crippen molar-refractivity contribution in [3.8, 4) is 11.8 Å². The van der Waals surface area contributed by atoms with E-state index in [0.29, 0.717) is 0 Å². The number of unbranched alkanes of at least 4 members (excludes halogenated alkanes) is 4. The zero-order valence-electron chi connectivity index (χ0n) is 7.36. The summed E-state index contributed by atoms with van der Waals surface area (Å²) in [7, 11) is 1.74. The molecule has 0 rings (SSSR count). The fourth-order valence-electron chi connectivity index (χ4n) is 0.902. The standard InChI is InChI=1S/C10H17O/c1-3-4-5-6-7-8-9-10-11-2/h1,5-10H2,2H3. The highest BCUT2D eigenvalue weighted by Gasteiger charge is 1.87. The maximum absolute atomic E-state index is 4.93. The summed E-state index contributed by atoms with van der Waals surface area (Å²) in [4.78, 5) is 0. The molecule has 0 bridgehead atoms. The predicted octanol–water partition coefficient (Wildman–Crippen LogP) is 2.42. The minimum absolute atomic E-state index is 0.890. The molecule has 1 heteroatoms. The Morgan fingerprint density at radius 1 is 1.18 bits per heavy atom. The van der Waals surface area contributed by atoms with Crippen molar-refractivity contribution >= 4 is 0 Å². The average molecular weight is 153 g/mol. The van der Waals surface area contributed by atoms with Gasteiger partial charge in [-0.2, -0.15) is 0 Å². The molecule has 0 aromatic rings. The van der Waals surface area contributed by atoms with Crippen molar-refractivity contribution < 1.29 is 4.74 Å². The van der Waals surface area contributed by atoms with E-state index in [2.05, 4.69) is 18.8 Å². The zero-order chi connectivity index (χ0) is 8.36. The molecule has 1 radical (unpaired) electrons. The van der Waals surface area contributed by atoms with Crippen LogP contribution in [0.15, 0.2) is 0 Å². The second kappa shape index (κ2) is 9.52. The molecule has 0 spiro atoms. The highest BCUT2D eigenvalue weighted by atomic mass is 16.5. The number of ether oxygens (including phenoxy) is 1. The third-order valence-electron chi connectivity index (χ3n) is 1.53. The van der Waals surface area contributed by atoms with Crippen molar-refractivity contribution in [1.82, 2.24) is 0 Å². The second-order valence-corrected chi connectivity index (χ2v) is 2.51. The van der Waals surface area contributed by atoms with Gasteiger partial charge >= 0.3 is 0 Å². The van der Waals surface area contributed by atoms with E-state index in [1.807, 2.05) is 0 Å². The van der Waals surface area contributed by atoms with Gasteiger partial charge in [0.25, 0.3) is 0 Å². The Labute approximate surface area is 70.1 Å². The minimum Gasteiger partial charge on any atom is -0.385 e. The van der Waals surface area contributed by atoms with Crippen molar-refractivity contribution in [3.05, 3.63) is 6.92 Å². The van der Waals surface area contributed by atoms with Crippen molar-refractivity contribution in [2.75, 3.05) is 13.7 Å². The van der Waals surface area contributed by atoms with Gasteiger partial charge in [-0.3, -0.25) is 0 Å². The summed E-state index contributed by atoms with van der Waals surface area (Å²) in [6, 6.07) is 0. The first-order valence-corrected chi connectivity index (χ1v) is 4.15. The lowest BCUT2D eigenvalue weighted by molar-refractivity contribution is 0.192. The largest absolute Gasteiger partial charge is 0.385 e. The fraction of sp³-hybridized carbons (Fsp3) is 0.700. The fourth-order valence-corrected chi connectivity index (χ4v) is 0.902. The molecule has 0 N–H and O–H groups in total. The molecule has 0 heterocycles. The van der Waals surface area contributed by atoms with Crippen LogP contribution in [0, 0.1) is 18.8 Å². The van der Waals surface area contributed by atoms with Gasteiger partial charge in [0.1, 0.15) is 0 Å². The van der Waals surface area contributed by atoms with E-state index in [9.17, 15) is 0 Å². The number of rotatable bonds is 6. The first-order valence-electron chi connectivity index (χ1n) is 4.15. The monoisotopic (exact) mass is 153 g/mol. The summed E-state index contributed by atoms with van der Waals surface area (Å²) >= 11 is 0. The third kappa shape index (κ3) is 9.52. The summed E-state index contributed by atoms with van der Waals surface area (Å²) < 4.78 is 4.93. The quantitative estimate of drug-likeness (QED) is 0.420. The van der Waals surface area contributed by atoms with Gasteiger partial charge in [0.15, 0.2) is 0 Å². The van der Waals surface area contributed by atoms with Gasteiger partial charge in [-0.25, -0.2) is 0 Å². The molecule has 0 aliphatic carbocycles. The lowest BCUT2D eigenvalue weighted by atomic mass is 10.1. The van der Waals surface area contributed by atoms with Gasteiger partial charge in [0.2, 0.25) is 0 Å². The van der Waals surface area contributed by atoms with E-state index in [0.717, 1.165) is 13.0 Å². The van der Waals surface area contributed by atoms with Crippen LogP contribution in [0.2, 0.25) is 0 Å². The third-order valence-corrected chi connectivity index (χ3v) is 1.53. The molecule has 0 aromatic heterocycles. The molecule has 1 nitrogen and oxygen atoms in total. The average Bonchev–Trinajstić information content (AvgIpc) is 2.03. The predicted molar refractivity (Wildman–Crippen MR) is 48.1 cm³/mol. The summed E-state index contributed by atoms with van der Waals surface area (Å²) in [5, 5.41) is 0. The smallest absolute Gasteiger partial charge is 0.0462 e. The van der Waals surface area contributed by atoms with Crippen LogP contribution < -0.4 is 0 Å². The molecule has 63 valence electrons. The van der Waals surface area contributed by atoms with Crippen molar-refractivity contribution in [3.63, 3.8) is 0 Å². The first kappa shape index (κ1) is 10.5. The van der Waals surface area contributed by atoms with Gasteiger partial charge in [-0.05, 0) is 12.8 Å². The molecular weight excluding hydrogens is 136 g/mol. The molecule has 0 amide bonds. The Morgan fingerprint density at radius 2 is 1.91 bits per heavy atom. The number of hydrogen-bond donors (Lipinski definition) is 0. The SMILES string of the molecule is [CH2]C#CCCCCCCOC. The van der Waals surface area contributed by atoms with Crippen LogP contribution in [0.25, 0.3) is 0 Å². The Kier molecular flexibility index (Phi) is 9.10. The molecule has 0 aliphatic rings. The van der Waals surface area contributed by atoms with Gasteiger partial charge in [-0.1, -0.05) is 12.8 Å². The van der Waals surface area contributed by atoms with E-state index >= 15 is 0 Å². The highest BCUT2D eigenvalue weighted by molar-refractivity contribution is 5.00. The first-order chi connectivity index (χ1) is 5.41. The zero-order valence-corrected chi connectivity index (χ0v) is 7.36. The van der Waals surface area contributed by atoms with Crippen LogP contribution in [0.3, 0.4) is 0 Å². The van der Waals surface area contributed by atoms with E-state index in [4.69, 9.17) is 4.74 Å². The van der Waals surface area contributed by atoms with Crippen LogP contribution >= 0.6 is 0 Å². The van der Waals surface area contributed by atoms with Gasteiger partial charge in [0, 0.05) is 27.1 Å². The second-order valence-electron chi connectivity index (χ2n) is 2.51. The Bertz CT molecular complexity index is 119. The highest BCUT2D eigenvalue weighted by Crippen LogP contribution is 2.01. The molecular formula is C10H17O. The van der Waals surface area contributed by atoms with Crippen LogP contribution in [-0.4, -0.2) is 13.7 Å². The molecule has 0 atom stereocenters. The van der Waals surface area contributed by atoms with Gasteiger partial charge in [0.05, 0.1) is 0 Å². The Morgan fingerprint density at radius 3 is 2.55 bits per heavy atom. The topological polar surface area (TPSA) is 9.23 Å². The lowest BCUT2D eigenvalue weighted by Gasteiger charge is -1.97. The van der Waals surface area contributed by atoms with E-state index < -0.39 is 0 Å². The maximum Gasteiger partial charge on any atom is 0.0462 e. The summed E-state index contributed by atoms with van der Waals surface area (Å²) in [6.07, 6.45) is 5.89. The normalized spacial score (nSPS) is 8.91. The summed E-state index contributed by atoms with van der Waals surface area (Å²) in [6.45, 7) is 4.34. The van der Waals surface area contributed by atoms with Gasteiger partial charge < -0.3 is 4.74 Å². The minimum atomic E-state index is 0.890. The van der Waals surface area contributed by atoms with Crippen LogP contribution in [0.1, 0.15) is 32.1 Å². The van der Waals surface area contributed by atoms with E-state index in [1.54, 1.807) is 7.11 Å². The maximum atomic E-state index is 4.93. The molecule has 11 heavy (non-hydrogen) atoms. The van der Waals surface area contributed by atoms with E-state index in [1.165, 1.54) is 25.7 Å². The van der Waals surface area contributed by atoms with Crippen molar-refractivity contribution in [2.45, 2.75) is 32.1 Å². The molecule has 0 aliphatic heterocycles. The van der Waals surface area contributed by atoms with Crippen molar-refractivity contribution in [1.29, 1.82) is 0 Å². The van der Waals surface area contributed by atoms with Crippen LogP contribution in [-0.2, 0) is 4.74 Å². The van der Waals surface area contributed by atoms with E-state index in [-0.39, 0.29) is 0 Å². The molecule has 0 unspecified atom stereocenters. The van der Waals surface area contributed by atoms with Crippen LogP contribution in [0.4, 0.5) is 0 Å². The summed E-state index contributed by atoms with van der Waals surface area (Å²) in [5.74, 6) is 5.59. The number of methoxy groups -OCH3 is 1. The Hall–Kier alpha value is -0.480. The Balaban J connectivity index is 2.83. The summed E-state index contributed by atoms with van der Waals surface area (Å²) in [5.41, 5.74) is 0. The van der Waals surface area contributed by atoms with Crippen LogP contribution in [0.5, 0.6) is 0 Å². The molecule has 0 fully saturated rings. The molecule has 0 saturated heterocycles.